The molecule has 0 aliphatic rings. The van der Waals surface area contributed by atoms with E-state index in [4.69, 9.17) is 5.73 Å². The molecular weight excluding hydrogens is 242 g/mol. The van der Waals surface area contributed by atoms with E-state index in [9.17, 15) is 4.79 Å². The molecule has 0 unspecified atom stereocenters. The van der Waals surface area contributed by atoms with E-state index in [2.05, 4.69) is 15.5 Å². The largest absolute Gasteiger partial charge is 0.368 e. The third kappa shape index (κ3) is 3.17. The van der Waals surface area contributed by atoms with Crippen molar-refractivity contribution < 1.29 is 4.79 Å². The molecule has 6 heteroatoms. The third-order valence-corrected chi connectivity index (χ3v) is 2.85. The summed E-state index contributed by atoms with van der Waals surface area (Å²) in [5.41, 5.74) is 6.16. The fraction of sp³-hybridized carbons (Fsp3) is 0.308. The topological polar surface area (TPSA) is 85.8 Å². The number of carbonyl (C=O) groups is 1. The Kier molecular flexibility index (Phi) is 3.62. The van der Waals surface area contributed by atoms with Crippen molar-refractivity contribution >= 4 is 5.91 Å². The van der Waals surface area contributed by atoms with Crippen LogP contribution in [0.15, 0.2) is 36.5 Å². The van der Waals surface area contributed by atoms with E-state index >= 15 is 0 Å². The summed E-state index contributed by atoms with van der Waals surface area (Å²) in [6.07, 6.45) is 1.66. The molecule has 1 aromatic heterocycles. The second-order valence-electron chi connectivity index (χ2n) is 4.80. The van der Waals surface area contributed by atoms with Crippen molar-refractivity contribution in [3.8, 4) is 5.69 Å². The molecule has 0 saturated heterocycles. The monoisotopic (exact) mass is 259 g/mol. The van der Waals surface area contributed by atoms with Gasteiger partial charge in [-0.1, -0.05) is 18.2 Å². The summed E-state index contributed by atoms with van der Waals surface area (Å²) < 4.78 is 0. The highest BCUT2D eigenvalue weighted by Crippen LogP contribution is 2.06. The first kappa shape index (κ1) is 13.2. The molecule has 100 valence electrons. The van der Waals surface area contributed by atoms with Crippen LogP contribution in [-0.4, -0.2) is 26.4 Å². The Morgan fingerprint density at radius 1 is 1.37 bits per heavy atom. The minimum Gasteiger partial charge on any atom is -0.368 e. The second kappa shape index (κ2) is 5.19. The highest BCUT2D eigenvalue weighted by molar-refractivity contribution is 5.83. The number of rotatable bonds is 5. The van der Waals surface area contributed by atoms with E-state index in [1.165, 1.54) is 0 Å². The SMILES string of the molecule is CC(C)(NCc1cnn(-c2ccccc2)n1)C(N)=O. The summed E-state index contributed by atoms with van der Waals surface area (Å²) in [6, 6.07) is 9.62. The fourth-order valence-electron chi connectivity index (χ4n) is 1.46. The Balaban J connectivity index is 2.05. The van der Waals surface area contributed by atoms with Gasteiger partial charge >= 0.3 is 0 Å². The number of hydrogen-bond acceptors (Lipinski definition) is 4. The molecule has 0 saturated carbocycles. The molecule has 3 N–H and O–H groups in total. The smallest absolute Gasteiger partial charge is 0.237 e. The van der Waals surface area contributed by atoms with Gasteiger partial charge in [0.25, 0.3) is 0 Å². The highest BCUT2D eigenvalue weighted by Gasteiger charge is 2.24. The minimum absolute atomic E-state index is 0.400. The summed E-state index contributed by atoms with van der Waals surface area (Å²) in [6.45, 7) is 3.90. The van der Waals surface area contributed by atoms with Crippen molar-refractivity contribution in [2.24, 2.45) is 5.73 Å². The molecule has 0 aliphatic carbocycles. The molecule has 2 aromatic rings. The molecule has 1 amide bonds. The van der Waals surface area contributed by atoms with Crippen LogP contribution in [0.25, 0.3) is 5.69 Å². The predicted octanol–water partition coefficient (Wildman–Crippen LogP) is 0.621. The zero-order chi connectivity index (χ0) is 13.9. The van der Waals surface area contributed by atoms with E-state index in [0.29, 0.717) is 6.54 Å². The van der Waals surface area contributed by atoms with Gasteiger partial charge in [0.15, 0.2) is 0 Å². The molecule has 0 bridgehead atoms. The summed E-state index contributed by atoms with van der Waals surface area (Å²) in [5, 5.41) is 11.6. The van der Waals surface area contributed by atoms with Gasteiger partial charge in [-0.25, -0.2) is 0 Å². The number of amides is 1. The summed E-state index contributed by atoms with van der Waals surface area (Å²) in [5.74, 6) is -0.400. The molecule has 6 nitrogen and oxygen atoms in total. The Bertz CT molecular complexity index is 561. The first-order chi connectivity index (χ1) is 8.99. The van der Waals surface area contributed by atoms with Gasteiger partial charge in [-0.15, -0.1) is 0 Å². The fourth-order valence-corrected chi connectivity index (χ4v) is 1.46. The zero-order valence-electron chi connectivity index (χ0n) is 11.0. The van der Waals surface area contributed by atoms with Crippen LogP contribution in [0.3, 0.4) is 0 Å². The van der Waals surface area contributed by atoms with Crippen LogP contribution in [0, 0.1) is 0 Å². The maximum absolute atomic E-state index is 11.2. The van der Waals surface area contributed by atoms with Crippen LogP contribution in [-0.2, 0) is 11.3 Å². The van der Waals surface area contributed by atoms with Gasteiger partial charge in [-0.2, -0.15) is 15.0 Å². The first-order valence-corrected chi connectivity index (χ1v) is 6.00. The van der Waals surface area contributed by atoms with Crippen molar-refractivity contribution in [3.63, 3.8) is 0 Å². The van der Waals surface area contributed by atoms with Crippen molar-refractivity contribution in [2.45, 2.75) is 25.9 Å². The number of para-hydroxylation sites is 1. The number of nitrogens with zero attached hydrogens (tertiary/aromatic N) is 3. The maximum Gasteiger partial charge on any atom is 0.237 e. The lowest BCUT2D eigenvalue weighted by atomic mass is 10.1. The van der Waals surface area contributed by atoms with Gasteiger partial charge in [0.1, 0.15) is 0 Å². The van der Waals surface area contributed by atoms with Crippen molar-refractivity contribution in [2.75, 3.05) is 0 Å². The van der Waals surface area contributed by atoms with E-state index in [1.54, 1.807) is 24.8 Å². The number of nitrogens with two attached hydrogens (primary N) is 1. The first-order valence-electron chi connectivity index (χ1n) is 6.00. The van der Waals surface area contributed by atoms with Crippen LogP contribution in [0.2, 0.25) is 0 Å². The molecule has 1 heterocycles. The molecule has 0 aliphatic heterocycles. The number of hydrogen-bond donors (Lipinski definition) is 2. The molecule has 0 radical (unpaired) electrons. The van der Waals surface area contributed by atoms with Gasteiger partial charge < -0.3 is 5.73 Å². The maximum atomic E-state index is 11.2. The second-order valence-corrected chi connectivity index (χ2v) is 4.80. The van der Waals surface area contributed by atoms with Crippen molar-refractivity contribution in [3.05, 3.63) is 42.2 Å². The normalized spacial score (nSPS) is 11.5. The van der Waals surface area contributed by atoms with Crippen molar-refractivity contribution in [1.82, 2.24) is 20.3 Å². The lowest BCUT2D eigenvalue weighted by molar-refractivity contribution is -0.123. The average molecular weight is 259 g/mol. The highest BCUT2D eigenvalue weighted by atomic mass is 16.1. The van der Waals surface area contributed by atoms with E-state index < -0.39 is 11.4 Å². The van der Waals surface area contributed by atoms with Gasteiger partial charge in [0, 0.05) is 6.54 Å². The van der Waals surface area contributed by atoms with Gasteiger partial charge in [-0.05, 0) is 26.0 Å². The predicted molar refractivity (Wildman–Crippen MR) is 71.5 cm³/mol. The number of benzene rings is 1. The van der Waals surface area contributed by atoms with Crippen LogP contribution in [0.5, 0.6) is 0 Å². The molecule has 0 fully saturated rings. The number of nitrogens with one attached hydrogen (secondary N) is 1. The molecule has 0 spiro atoms. The Hall–Kier alpha value is -2.21. The van der Waals surface area contributed by atoms with E-state index in [0.717, 1.165) is 11.4 Å². The number of aromatic nitrogens is 3. The quantitative estimate of drug-likeness (QED) is 0.824. The van der Waals surface area contributed by atoms with Gasteiger partial charge in [-0.3, -0.25) is 10.1 Å². The van der Waals surface area contributed by atoms with Crippen LogP contribution < -0.4 is 11.1 Å². The van der Waals surface area contributed by atoms with E-state index in [-0.39, 0.29) is 0 Å². The number of carbonyl (C=O) groups excluding carboxylic acids is 1. The Labute approximate surface area is 111 Å². The summed E-state index contributed by atoms with van der Waals surface area (Å²) in [7, 11) is 0. The molecule has 19 heavy (non-hydrogen) atoms. The zero-order valence-corrected chi connectivity index (χ0v) is 11.0. The molecular formula is C13H17N5O. The van der Waals surface area contributed by atoms with Crippen LogP contribution in [0.1, 0.15) is 19.5 Å². The minimum atomic E-state index is -0.767. The standard InChI is InChI=1S/C13H17N5O/c1-13(2,12(14)19)15-8-10-9-16-18(17-10)11-6-4-3-5-7-11/h3-7,9,15H,8H2,1-2H3,(H2,14,19). The van der Waals surface area contributed by atoms with Gasteiger partial charge in [0.05, 0.1) is 23.1 Å². The lowest BCUT2D eigenvalue weighted by Gasteiger charge is -2.21. The number of primary amides is 1. The summed E-state index contributed by atoms with van der Waals surface area (Å²) >= 11 is 0. The third-order valence-electron chi connectivity index (χ3n) is 2.85. The van der Waals surface area contributed by atoms with Crippen LogP contribution >= 0.6 is 0 Å². The Morgan fingerprint density at radius 2 is 2.05 bits per heavy atom. The summed E-state index contributed by atoms with van der Waals surface area (Å²) in [4.78, 5) is 12.7. The van der Waals surface area contributed by atoms with Crippen molar-refractivity contribution in [1.29, 1.82) is 0 Å². The molecule has 0 atom stereocenters. The molecule has 2 rings (SSSR count). The lowest BCUT2D eigenvalue weighted by Crippen LogP contribution is -2.50. The Morgan fingerprint density at radius 3 is 2.68 bits per heavy atom. The molecule has 1 aromatic carbocycles. The van der Waals surface area contributed by atoms with Crippen LogP contribution in [0.4, 0.5) is 0 Å². The van der Waals surface area contributed by atoms with Gasteiger partial charge in [0.2, 0.25) is 5.91 Å². The average Bonchev–Trinajstić information content (AvgIpc) is 2.86. The van der Waals surface area contributed by atoms with E-state index in [1.807, 2.05) is 30.3 Å².